The third kappa shape index (κ3) is 8.55. The summed E-state index contributed by atoms with van der Waals surface area (Å²) in [4.78, 5) is 5.50. The van der Waals surface area contributed by atoms with Crippen molar-refractivity contribution in [3.63, 3.8) is 0 Å². The zero-order valence-corrected chi connectivity index (χ0v) is 16.8. The first kappa shape index (κ1) is 20.0. The standard InChI is InChI=1S/C15H24ClN3OS.HI/c1-17-15(18-8-2-10-20-11-12-3-4-12)19-9-7-13-5-6-14(16)21-13;/h5-6,12H,2-4,7-11H2,1H3,(H2,17,18,19);1H. The maximum absolute atomic E-state index is 5.91. The van der Waals surface area contributed by atoms with Crippen molar-refractivity contribution in [3.8, 4) is 0 Å². The van der Waals surface area contributed by atoms with Gasteiger partial charge in [0.15, 0.2) is 5.96 Å². The van der Waals surface area contributed by atoms with Crippen LogP contribution in [0.1, 0.15) is 24.1 Å². The van der Waals surface area contributed by atoms with E-state index in [4.69, 9.17) is 16.3 Å². The number of aliphatic imine (C=N–C) groups is 1. The molecule has 1 saturated carbocycles. The zero-order valence-electron chi connectivity index (χ0n) is 12.9. The van der Waals surface area contributed by atoms with E-state index in [1.807, 2.05) is 6.07 Å². The van der Waals surface area contributed by atoms with Gasteiger partial charge >= 0.3 is 0 Å². The molecule has 1 aliphatic rings. The molecule has 0 atom stereocenters. The van der Waals surface area contributed by atoms with Crippen molar-refractivity contribution < 1.29 is 4.74 Å². The molecule has 0 aromatic carbocycles. The molecule has 0 radical (unpaired) electrons. The quantitative estimate of drug-likeness (QED) is 0.258. The number of rotatable bonds is 9. The fraction of sp³-hybridized carbons (Fsp3) is 0.667. The lowest BCUT2D eigenvalue weighted by Gasteiger charge is -2.11. The number of ether oxygens (including phenoxy) is 1. The lowest BCUT2D eigenvalue weighted by molar-refractivity contribution is 0.123. The van der Waals surface area contributed by atoms with Crippen LogP contribution in [0.15, 0.2) is 17.1 Å². The van der Waals surface area contributed by atoms with E-state index in [9.17, 15) is 0 Å². The van der Waals surface area contributed by atoms with E-state index in [0.29, 0.717) is 0 Å². The van der Waals surface area contributed by atoms with Crippen LogP contribution in [-0.2, 0) is 11.2 Å². The van der Waals surface area contributed by atoms with Gasteiger partial charge in [-0.3, -0.25) is 4.99 Å². The third-order valence-electron chi connectivity index (χ3n) is 3.32. The second-order valence-electron chi connectivity index (χ2n) is 5.25. The van der Waals surface area contributed by atoms with Crippen molar-refractivity contribution in [1.82, 2.24) is 10.6 Å². The van der Waals surface area contributed by atoms with E-state index >= 15 is 0 Å². The summed E-state index contributed by atoms with van der Waals surface area (Å²) in [5.41, 5.74) is 0. The molecule has 2 N–H and O–H groups in total. The summed E-state index contributed by atoms with van der Waals surface area (Å²) in [5, 5.41) is 6.61. The van der Waals surface area contributed by atoms with Crippen molar-refractivity contribution in [2.24, 2.45) is 10.9 Å². The highest BCUT2D eigenvalue weighted by molar-refractivity contribution is 14.0. The molecule has 0 saturated heterocycles. The molecular formula is C15H25ClIN3OS. The van der Waals surface area contributed by atoms with Gasteiger partial charge in [-0.1, -0.05) is 11.6 Å². The molecule has 0 spiro atoms. The highest BCUT2D eigenvalue weighted by atomic mass is 127. The maximum atomic E-state index is 5.91. The van der Waals surface area contributed by atoms with E-state index in [2.05, 4.69) is 21.7 Å². The first-order valence-electron chi connectivity index (χ1n) is 7.54. The lowest BCUT2D eigenvalue weighted by Crippen LogP contribution is -2.38. The maximum Gasteiger partial charge on any atom is 0.190 e. The van der Waals surface area contributed by atoms with Gasteiger partial charge in [-0.25, -0.2) is 0 Å². The second kappa shape index (κ2) is 11.5. The normalized spacial score (nSPS) is 14.5. The fourth-order valence-corrected chi connectivity index (χ4v) is 3.01. The van der Waals surface area contributed by atoms with Gasteiger partial charge in [0.2, 0.25) is 0 Å². The number of guanidine groups is 1. The summed E-state index contributed by atoms with van der Waals surface area (Å²) >= 11 is 7.54. The number of thiophene rings is 1. The van der Waals surface area contributed by atoms with E-state index < -0.39 is 0 Å². The van der Waals surface area contributed by atoms with Gasteiger partial charge in [0, 0.05) is 38.2 Å². The van der Waals surface area contributed by atoms with Crippen LogP contribution < -0.4 is 10.6 Å². The van der Waals surface area contributed by atoms with Gasteiger partial charge in [0.05, 0.1) is 4.34 Å². The Morgan fingerprint density at radius 3 is 2.77 bits per heavy atom. The number of hydrogen-bond acceptors (Lipinski definition) is 3. The Bertz CT molecular complexity index is 452. The Hall–Kier alpha value is -0.0500. The lowest BCUT2D eigenvalue weighted by atomic mass is 10.3. The highest BCUT2D eigenvalue weighted by Crippen LogP contribution is 2.28. The van der Waals surface area contributed by atoms with Crippen LogP contribution in [0.5, 0.6) is 0 Å². The number of halogens is 2. The van der Waals surface area contributed by atoms with Gasteiger partial charge < -0.3 is 15.4 Å². The van der Waals surface area contributed by atoms with Crippen LogP contribution in [-0.4, -0.2) is 39.3 Å². The monoisotopic (exact) mass is 457 g/mol. The molecule has 7 heteroatoms. The third-order valence-corrected chi connectivity index (χ3v) is 4.62. The molecule has 1 heterocycles. The summed E-state index contributed by atoms with van der Waals surface area (Å²) in [6.07, 6.45) is 4.67. The minimum Gasteiger partial charge on any atom is -0.381 e. The molecule has 4 nitrogen and oxygen atoms in total. The molecule has 0 bridgehead atoms. The SMILES string of the molecule is CN=C(NCCCOCC1CC1)NCCc1ccc(Cl)s1.I. The van der Waals surface area contributed by atoms with Crippen molar-refractivity contribution in [1.29, 1.82) is 0 Å². The van der Waals surface area contributed by atoms with Crippen molar-refractivity contribution in [3.05, 3.63) is 21.3 Å². The molecule has 0 aliphatic heterocycles. The number of nitrogens with one attached hydrogen (secondary N) is 2. The van der Waals surface area contributed by atoms with E-state index in [-0.39, 0.29) is 24.0 Å². The summed E-state index contributed by atoms with van der Waals surface area (Å²) in [5.74, 6) is 1.69. The van der Waals surface area contributed by atoms with Crippen LogP contribution in [0, 0.1) is 5.92 Å². The van der Waals surface area contributed by atoms with Crippen LogP contribution >= 0.6 is 46.9 Å². The molecule has 0 amide bonds. The van der Waals surface area contributed by atoms with Gasteiger partial charge in [-0.15, -0.1) is 35.3 Å². The average molecular weight is 458 g/mol. The molecule has 126 valence electrons. The van der Waals surface area contributed by atoms with Crippen LogP contribution in [0.25, 0.3) is 0 Å². The summed E-state index contributed by atoms with van der Waals surface area (Å²) in [7, 11) is 1.79. The Balaban J connectivity index is 0.00000242. The first-order chi connectivity index (χ1) is 10.3. The average Bonchev–Trinajstić information content (AvgIpc) is 3.22. The zero-order chi connectivity index (χ0) is 14.9. The molecule has 22 heavy (non-hydrogen) atoms. The van der Waals surface area contributed by atoms with E-state index in [0.717, 1.165) is 55.4 Å². The molecule has 1 aromatic rings. The van der Waals surface area contributed by atoms with Crippen molar-refractivity contribution in [2.75, 3.05) is 33.4 Å². The van der Waals surface area contributed by atoms with Crippen LogP contribution in [0.2, 0.25) is 4.34 Å². The minimum absolute atomic E-state index is 0. The predicted octanol–water partition coefficient (Wildman–Crippen LogP) is 3.54. The second-order valence-corrected chi connectivity index (χ2v) is 7.05. The molecule has 0 unspecified atom stereocenters. The first-order valence-corrected chi connectivity index (χ1v) is 8.74. The smallest absolute Gasteiger partial charge is 0.190 e. The summed E-state index contributed by atoms with van der Waals surface area (Å²) < 4.78 is 6.45. The van der Waals surface area contributed by atoms with Crippen molar-refractivity contribution >= 4 is 52.9 Å². The Labute approximate surface area is 159 Å². The summed E-state index contributed by atoms with van der Waals surface area (Å²) in [6.45, 7) is 3.51. The summed E-state index contributed by atoms with van der Waals surface area (Å²) in [6, 6.07) is 4.01. The van der Waals surface area contributed by atoms with Crippen molar-refractivity contribution in [2.45, 2.75) is 25.7 Å². The van der Waals surface area contributed by atoms with Gasteiger partial charge in [-0.05, 0) is 43.7 Å². The van der Waals surface area contributed by atoms with Crippen LogP contribution in [0.4, 0.5) is 0 Å². The number of nitrogens with zero attached hydrogens (tertiary/aromatic N) is 1. The Morgan fingerprint density at radius 1 is 1.36 bits per heavy atom. The largest absolute Gasteiger partial charge is 0.381 e. The van der Waals surface area contributed by atoms with E-state index in [1.165, 1.54) is 17.7 Å². The van der Waals surface area contributed by atoms with E-state index in [1.54, 1.807) is 18.4 Å². The molecule has 1 aliphatic carbocycles. The molecule has 2 rings (SSSR count). The topological polar surface area (TPSA) is 45.7 Å². The molecule has 1 aromatic heterocycles. The Morgan fingerprint density at radius 2 is 2.14 bits per heavy atom. The van der Waals surface area contributed by atoms with Crippen LogP contribution in [0.3, 0.4) is 0 Å². The Kier molecular flexibility index (Phi) is 10.4. The predicted molar refractivity (Wildman–Crippen MR) is 106 cm³/mol. The van der Waals surface area contributed by atoms with Gasteiger partial charge in [-0.2, -0.15) is 0 Å². The minimum atomic E-state index is 0. The van der Waals surface area contributed by atoms with Gasteiger partial charge in [0.25, 0.3) is 0 Å². The number of hydrogen-bond donors (Lipinski definition) is 2. The highest BCUT2D eigenvalue weighted by Gasteiger charge is 2.20. The molecular weight excluding hydrogens is 433 g/mol. The molecule has 1 fully saturated rings. The fourth-order valence-electron chi connectivity index (χ4n) is 1.93. The van der Waals surface area contributed by atoms with Gasteiger partial charge in [0.1, 0.15) is 0 Å².